The van der Waals surface area contributed by atoms with Gasteiger partial charge in [-0.05, 0) is 60.7 Å². The lowest BCUT2D eigenvalue weighted by atomic mass is 10.2. The molecule has 0 atom stereocenters. The maximum absolute atomic E-state index is 13.0. The molecule has 0 fully saturated rings. The number of carbonyl (C=O) groups is 4. The van der Waals surface area contributed by atoms with Crippen molar-refractivity contribution in [3.05, 3.63) is 119 Å². The molecule has 12 heteroatoms. The minimum atomic E-state index is -1.15. The highest BCUT2D eigenvalue weighted by atomic mass is 35.5. The summed E-state index contributed by atoms with van der Waals surface area (Å²) in [6, 6.07) is 23.0. The van der Waals surface area contributed by atoms with E-state index in [9.17, 15) is 23.6 Å². The van der Waals surface area contributed by atoms with Gasteiger partial charge in [-0.3, -0.25) is 0 Å². The average molecular weight is 565 g/mol. The van der Waals surface area contributed by atoms with Crippen LogP contribution < -0.4 is 21.3 Å². The van der Waals surface area contributed by atoms with E-state index in [0.717, 1.165) is 6.07 Å². The zero-order valence-electron chi connectivity index (χ0n) is 20.5. The van der Waals surface area contributed by atoms with Gasteiger partial charge in [0.25, 0.3) is 0 Å². The first kappa shape index (κ1) is 29.1. The predicted molar refractivity (Wildman–Crippen MR) is 150 cm³/mol. The van der Waals surface area contributed by atoms with Gasteiger partial charge in [-0.2, -0.15) is 0 Å². The molecule has 4 aromatic carbocycles. The highest BCUT2D eigenvalue weighted by Crippen LogP contribution is 2.18. The van der Waals surface area contributed by atoms with E-state index >= 15 is 0 Å². The Hall–Kier alpha value is -5.42. The van der Waals surface area contributed by atoms with Gasteiger partial charge in [0.2, 0.25) is 0 Å². The molecule has 0 aromatic heterocycles. The van der Waals surface area contributed by atoms with Gasteiger partial charge in [0.1, 0.15) is 5.82 Å². The van der Waals surface area contributed by atoms with Crippen LogP contribution in [0.4, 0.5) is 36.7 Å². The first-order valence-corrected chi connectivity index (χ1v) is 11.8. The number of urea groups is 2. The minimum Gasteiger partial charge on any atom is -0.478 e. The molecule has 0 spiro atoms. The van der Waals surface area contributed by atoms with E-state index in [4.69, 9.17) is 21.8 Å². The van der Waals surface area contributed by atoms with Crippen molar-refractivity contribution in [3.63, 3.8) is 0 Å². The molecule has 204 valence electrons. The van der Waals surface area contributed by atoms with Crippen LogP contribution in [0.3, 0.4) is 0 Å². The maximum atomic E-state index is 13.0. The molecule has 0 bridgehead atoms. The fraction of sp³-hybridized carbons (Fsp3) is 0. The van der Waals surface area contributed by atoms with Gasteiger partial charge >= 0.3 is 24.0 Å². The number of para-hydroxylation sites is 2. The first-order valence-electron chi connectivity index (χ1n) is 11.4. The molecule has 0 saturated carbocycles. The van der Waals surface area contributed by atoms with E-state index < -0.39 is 29.8 Å². The van der Waals surface area contributed by atoms with Crippen molar-refractivity contribution >= 4 is 58.4 Å². The second-order valence-electron chi connectivity index (χ2n) is 7.88. The standard InChI is InChI=1S/C14H11ClN2O3.C14H11FN2O3/c2*15-9-4-3-5-10(8-9)16-14(20)17-12-7-2-1-6-11(12)13(18)19/h2*1-8H,(H,18,19)(H2,16,17,20). The Bertz CT molecular complexity index is 1430. The normalized spacial score (nSPS) is 9.85. The molecule has 0 radical (unpaired) electrons. The molecule has 0 aliphatic heterocycles. The Morgan fingerprint density at radius 2 is 1.02 bits per heavy atom. The summed E-state index contributed by atoms with van der Waals surface area (Å²) >= 11 is 5.81. The Labute approximate surface area is 232 Å². The number of anilines is 4. The van der Waals surface area contributed by atoms with Gasteiger partial charge < -0.3 is 31.5 Å². The molecule has 4 aromatic rings. The first-order chi connectivity index (χ1) is 19.1. The van der Waals surface area contributed by atoms with Gasteiger partial charge in [0.15, 0.2) is 0 Å². The molecule has 4 rings (SSSR count). The number of hydrogen-bond donors (Lipinski definition) is 6. The summed E-state index contributed by atoms with van der Waals surface area (Å²) < 4.78 is 13.0. The third-order valence-corrected chi connectivity index (χ3v) is 5.21. The highest BCUT2D eigenvalue weighted by molar-refractivity contribution is 6.30. The lowest BCUT2D eigenvalue weighted by molar-refractivity contribution is 0.0687. The summed E-state index contributed by atoms with van der Waals surface area (Å²) in [5.74, 6) is -2.73. The number of carboxylic acids is 2. The van der Waals surface area contributed by atoms with Crippen LogP contribution >= 0.6 is 11.6 Å². The van der Waals surface area contributed by atoms with E-state index in [0.29, 0.717) is 10.7 Å². The number of carbonyl (C=O) groups excluding carboxylic acids is 2. The second-order valence-corrected chi connectivity index (χ2v) is 8.32. The van der Waals surface area contributed by atoms with Gasteiger partial charge in [0.05, 0.1) is 22.5 Å². The molecule has 10 nitrogen and oxygen atoms in total. The van der Waals surface area contributed by atoms with Gasteiger partial charge in [-0.1, -0.05) is 48.0 Å². The molecule has 40 heavy (non-hydrogen) atoms. The number of amides is 4. The summed E-state index contributed by atoms with van der Waals surface area (Å²) in [7, 11) is 0. The van der Waals surface area contributed by atoms with E-state index in [1.807, 2.05) is 0 Å². The topological polar surface area (TPSA) is 157 Å². The number of aromatic carboxylic acids is 2. The zero-order valence-corrected chi connectivity index (χ0v) is 21.3. The van der Waals surface area contributed by atoms with Crippen molar-refractivity contribution in [3.8, 4) is 0 Å². The second kappa shape index (κ2) is 13.9. The van der Waals surface area contributed by atoms with Crippen LogP contribution in [0.5, 0.6) is 0 Å². The number of nitrogens with one attached hydrogen (secondary N) is 4. The van der Waals surface area contributed by atoms with Crippen LogP contribution in [-0.2, 0) is 0 Å². The number of rotatable bonds is 6. The van der Waals surface area contributed by atoms with Crippen LogP contribution in [0.25, 0.3) is 0 Å². The Balaban J connectivity index is 0.000000220. The average Bonchev–Trinajstić information content (AvgIpc) is 2.89. The number of halogens is 2. The maximum Gasteiger partial charge on any atom is 0.337 e. The van der Waals surface area contributed by atoms with E-state index in [1.165, 1.54) is 42.5 Å². The van der Waals surface area contributed by atoms with Crippen molar-refractivity contribution < 1.29 is 33.8 Å². The van der Waals surface area contributed by atoms with Crippen molar-refractivity contribution in [2.75, 3.05) is 21.3 Å². The summed E-state index contributed by atoms with van der Waals surface area (Å²) in [4.78, 5) is 45.5. The van der Waals surface area contributed by atoms with Crippen molar-refractivity contribution in [1.29, 1.82) is 0 Å². The smallest absolute Gasteiger partial charge is 0.337 e. The summed E-state index contributed by atoms with van der Waals surface area (Å²) in [6.45, 7) is 0. The number of hydrogen-bond acceptors (Lipinski definition) is 4. The molecule has 6 N–H and O–H groups in total. The highest BCUT2D eigenvalue weighted by Gasteiger charge is 2.13. The molecular weight excluding hydrogens is 543 g/mol. The number of carboxylic acid groups (broad SMARTS) is 2. The fourth-order valence-corrected chi connectivity index (χ4v) is 3.45. The van der Waals surface area contributed by atoms with E-state index in [2.05, 4.69) is 21.3 Å². The van der Waals surface area contributed by atoms with Crippen molar-refractivity contribution in [2.45, 2.75) is 0 Å². The molecule has 0 heterocycles. The van der Waals surface area contributed by atoms with E-state index in [1.54, 1.807) is 48.5 Å². The third-order valence-electron chi connectivity index (χ3n) is 4.98. The fourth-order valence-electron chi connectivity index (χ4n) is 3.26. The molecule has 0 aliphatic rings. The van der Waals surface area contributed by atoms with Gasteiger partial charge in [-0.15, -0.1) is 0 Å². The summed E-state index contributed by atoms with van der Waals surface area (Å²) in [5.41, 5.74) is 1.17. The monoisotopic (exact) mass is 564 g/mol. The molecule has 0 saturated heterocycles. The van der Waals surface area contributed by atoms with Gasteiger partial charge in [-0.25, -0.2) is 23.6 Å². The minimum absolute atomic E-state index is 0.0220. The SMILES string of the molecule is O=C(Nc1cccc(Cl)c1)Nc1ccccc1C(=O)O.O=C(Nc1cccc(F)c1)Nc1ccccc1C(=O)O. The molecule has 4 amide bonds. The molecular formula is C28H22ClFN4O6. The van der Waals surface area contributed by atoms with Crippen LogP contribution in [0, 0.1) is 5.82 Å². The van der Waals surface area contributed by atoms with Crippen LogP contribution in [0.1, 0.15) is 20.7 Å². The van der Waals surface area contributed by atoms with Crippen LogP contribution in [0.15, 0.2) is 97.1 Å². The third kappa shape index (κ3) is 8.85. The zero-order chi connectivity index (χ0) is 29.1. The summed E-state index contributed by atoms with van der Waals surface area (Å²) in [5, 5.41) is 28.4. The lowest BCUT2D eigenvalue weighted by Crippen LogP contribution is -2.21. The van der Waals surface area contributed by atoms with E-state index in [-0.39, 0.29) is 28.2 Å². The van der Waals surface area contributed by atoms with Crippen LogP contribution in [-0.4, -0.2) is 34.2 Å². The Kier molecular flexibility index (Phi) is 10.1. The number of benzene rings is 4. The Morgan fingerprint density at radius 1 is 0.575 bits per heavy atom. The predicted octanol–water partition coefficient (Wildman–Crippen LogP) is 6.85. The van der Waals surface area contributed by atoms with Crippen LogP contribution in [0.2, 0.25) is 5.02 Å². The van der Waals surface area contributed by atoms with Gasteiger partial charge in [0, 0.05) is 16.4 Å². The quantitative estimate of drug-likeness (QED) is 0.150. The Morgan fingerprint density at radius 3 is 1.48 bits per heavy atom. The summed E-state index contributed by atoms with van der Waals surface area (Å²) in [6.07, 6.45) is 0. The van der Waals surface area contributed by atoms with Crippen molar-refractivity contribution in [1.82, 2.24) is 0 Å². The molecule has 0 unspecified atom stereocenters. The largest absolute Gasteiger partial charge is 0.478 e. The molecule has 0 aliphatic carbocycles. The lowest BCUT2D eigenvalue weighted by Gasteiger charge is -2.09. The van der Waals surface area contributed by atoms with Crippen molar-refractivity contribution in [2.24, 2.45) is 0 Å².